The maximum Gasteiger partial charge on any atom is 0.157 e. The van der Waals surface area contributed by atoms with E-state index in [1.54, 1.807) is 0 Å². The Balaban J connectivity index is 2.12. The number of carbonyl (C=O) groups excluding carboxylic acids is 1. The number of pyridine rings is 1. The molecular weight excluding hydrogens is 402 g/mol. The summed E-state index contributed by atoms with van der Waals surface area (Å²) in [7, 11) is 0. The molecule has 0 spiro atoms. The number of anilines is 3. The molecule has 0 N–H and O–H groups in total. The summed E-state index contributed by atoms with van der Waals surface area (Å²) in [6.07, 6.45) is 2.76. The molecule has 0 amide bonds. The predicted octanol–water partition coefficient (Wildman–Crippen LogP) is 5.35. The van der Waals surface area contributed by atoms with E-state index in [0.29, 0.717) is 13.0 Å². The topological polar surface area (TPSA) is 36.4 Å². The smallest absolute Gasteiger partial charge is 0.157 e. The van der Waals surface area contributed by atoms with Gasteiger partial charge in [0.1, 0.15) is 5.82 Å². The average molecular weight is 430 g/mol. The Morgan fingerprint density at radius 2 is 2.00 bits per heavy atom. The molecule has 0 saturated heterocycles. The van der Waals surface area contributed by atoms with Gasteiger partial charge in [-0.05, 0) is 66.9 Å². The van der Waals surface area contributed by atoms with Crippen molar-refractivity contribution in [3.63, 3.8) is 0 Å². The maximum absolute atomic E-state index is 12.6. The van der Waals surface area contributed by atoms with Crippen molar-refractivity contribution in [2.75, 3.05) is 29.4 Å². The highest BCUT2D eigenvalue weighted by Crippen LogP contribution is 2.39. The number of benzene rings is 1. The van der Waals surface area contributed by atoms with Crippen LogP contribution in [0.1, 0.15) is 43.5 Å². The molecule has 2 heterocycles. The van der Waals surface area contributed by atoms with Crippen molar-refractivity contribution in [2.24, 2.45) is 0 Å². The van der Waals surface area contributed by atoms with E-state index >= 15 is 0 Å². The number of aryl methyl sites for hydroxylation is 2. The van der Waals surface area contributed by atoms with Gasteiger partial charge in [0, 0.05) is 40.9 Å². The van der Waals surface area contributed by atoms with E-state index in [0.717, 1.165) is 58.9 Å². The molecule has 1 aliphatic rings. The zero-order valence-corrected chi connectivity index (χ0v) is 18.3. The summed E-state index contributed by atoms with van der Waals surface area (Å²) < 4.78 is 0.992. The molecule has 0 aliphatic carbocycles. The van der Waals surface area contributed by atoms with Crippen molar-refractivity contribution in [1.82, 2.24) is 4.98 Å². The third kappa shape index (κ3) is 4.18. The quantitative estimate of drug-likeness (QED) is 0.619. The molecule has 2 aromatic rings. The largest absolute Gasteiger partial charge is 0.371 e. The van der Waals surface area contributed by atoms with Gasteiger partial charge in [0.25, 0.3) is 0 Å². The molecule has 1 aromatic carbocycles. The van der Waals surface area contributed by atoms with Gasteiger partial charge in [-0.15, -0.1) is 0 Å². The molecule has 1 aliphatic heterocycles. The lowest BCUT2D eigenvalue weighted by molar-refractivity contribution is -0.117. The number of hydrogen-bond donors (Lipinski definition) is 0. The number of fused-ring (bicyclic) bond motifs is 1. The first-order valence-electron chi connectivity index (χ1n) is 9.75. The summed E-state index contributed by atoms with van der Waals surface area (Å²) in [5.74, 6) is 1.15. The lowest BCUT2D eigenvalue weighted by Crippen LogP contribution is -2.35. The van der Waals surface area contributed by atoms with Crippen LogP contribution in [0.5, 0.6) is 0 Å². The first-order chi connectivity index (χ1) is 12.9. The molecular formula is C22H28BrN3O. The third-order valence-electron chi connectivity index (χ3n) is 5.07. The van der Waals surface area contributed by atoms with Gasteiger partial charge in [0.05, 0.1) is 12.2 Å². The number of unbranched alkanes of at least 4 members (excludes halogenated alkanes) is 1. The number of carbonyl (C=O) groups is 1. The predicted molar refractivity (Wildman–Crippen MR) is 116 cm³/mol. The number of ketones is 1. The van der Waals surface area contributed by atoms with Gasteiger partial charge in [-0.2, -0.15) is 0 Å². The Morgan fingerprint density at radius 3 is 2.67 bits per heavy atom. The van der Waals surface area contributed by atoms with Crippen LogP contribution in [0.15, 0.2) is 28.7 Å². The number of nitrogens with zero attached hydrogens (tertiary/aromatic N) is 3. The van der Waals surface area contributed by atoms with Crippen molar-refractivity contribution >= 4 is 38.9 Å². The van der Waals surface area contributed by atoms with Crippen LogP contribution < -0.4 is 9.80 Å². The molecule has 0 radical (unpaired) electrons. The molecule has 3 rings (SSSR count). The van der Waals surface area contributed by atoms with E-state index in [4.69, 9.17) is 4.98 Å². The minimum Gasteiger partial charge on any atom is -0.371 e. The zero-order valence-electron chi connectivity index (χ0n) is 16.7. The average Bonchev–Trinajstić information content (AvgIpc) is 2.62. The number of halogens is 1. The summed E-state index contributed by atoms with van der Waals surface area (Å²) >= 11 is 3.68. The van der Waals surface area contributed by atoms with Gasteiger partial charge in [0.15, 0.2) is 5.78 Å². The van der Waals surface area contributed by atoms with Crippen molar-refractivity contribution < 1.29 is 4.79 Å². The molecule has 0 atom stereocenters. The fourth-order valence-corrected chi connectivity index (χ4v) is 4.38. The molecule has 27 heavy (non-hydrogen) atoms. The van der Waals surface area contributed by atoms with Crippen molar-refractivity contribution in [3.05, 3.63) is 45.6 Å². The van der Waals surface area contributed by atoms with Crippen molar-refractivity contribution in [1.29, 1.82) is 0 Å². The first-order valence-corrected chi connectivity index (χ1v) is 10.5. The molecule has 4 nitrogen and oxygen atoms in total. The highest BCUT2D eigenvalue weighted by atomic mass is 79.9. The van der Waals surface area contributed by atoms with Crippen LogP contribution in [0, 0.1) is 13.8 Å². The van der Waals surface area contributed by atoms with E-state index < -0.39 is 0 Å². The lowest BCUT2D eigenvalue weighted by Gasteiger charge is -2.34. The van der Waals surface area contributed by atoms with Crippen molar-refractivity contribution in [3.8, 4) is 0 Å². The summed E-state index contributed by atoms with van der Waals surface area (Å²) in [4.78, 5) is 22.0. The molecule has 0 bridgehead atoms. The SMILES string of the molecule is CCCCN(CC)c1cc(C)nc2c1CC(=O)CN2c1ccc(C)cc1Br. The second-order valence-electron chi connectivity index (χ2n) is 7.27. The van der Waals surface area contributed by atoms with Gasteiger partial charge >= 0.3 is 0 Å². The number of rotatable bonds is 6. The number of aromatic nitrogens is 1. The van der Waals surface area contributed by atoms with Crippen LogP contribution in [0.2, 0.25) is 0 Å². The van der Waals surface area contributed by atoms with Crippen LogP contribution >= 0.6 is 15.9 Å². The number of hydrogen-bond acceptors (Lipinski definition) is 4. The second kappa shape index (κ2) is 8.42. The molecule has 1 aromatic heterocycles. The summed E-state index contributed by atoms with van der Waals surface area (Å²) in [5.41, 5.74) is 5.39. The normalized spacial score (nSPS) is 13.7. The fraction of sp³-hybridized carbons (Fsp3) is 0.455. The standard InChI is InChI=1S/C22H28BrN3O/c1-5-7-10-25(6-2)21-12-16(4)24-22-18(21)13-17(27)14-26(22)20-9-8-15(3)11-19(20)23/h8-9,11-12H,5-7,10,13-14H2,1-4H3. The summed E-state index contributed by atoms with van der Waals surface area (Å²) in [6.45, 7) is 10.8. The second-order valence-corrected chi connectivity index (χ2v) is 8.13. The van der Waals surface area contributed by atoms with Gasteiger partial charge in [-0.25, -0.2) is 4.98 Å². The van der Waals surface area contributed by atoms with Crippen LogP contribution in [0.25, 0.3) is 0 Å². The molecule has 0 unspecified atom stereocenters. The zero-order chi connectivity index (χ0) is 19.6. The van der Waals surface area contributed by atoms with E-state index in [9.17, 15) is 4.79 Å². The molecule has 0 saturated carbocycles. The van der Waals surface area contributed by atoms with Gasteiger partial charge in [-0.1, -0.05) is 19.4 Å². The van der Waals surface area contributed by atoms with E-state index in [1.165, 1.54) is 5.56 Å². The Bertz CT molecular complexity index is 850. The van der Waals surface area contributed by atoms with Crippen LogP contribution in [0.3, 0.4) is 0 Å². The molecule has 5 heteroatoms. The van der Waals surface area contributed by atoms with Gasteiger partial charge < -0.3 is 9.80 Å². The van der Waals surface area contributed by atoms with Crippen LogP contribution in [-0.4, -0.2) is 30.4 Å². The van der Waals surface area contributed by atoms with Crippen molar-refractivity contribution in [2.45, 2.75) is 47.0 Å². The highest BCUT2D eigenvalue weighted by molar-refractivity contribution is 9.10. The Hall–Kier alpha value is -1.88. The summed E-state index contributed by atoms with van der Waals surface area (Å²) in [5, 5.41) is 0. The molecule has 144 valence electrons. The van der Waals surface area contributed by atoms with Crippen LogP contribution in [-0.2, 0) is 11.2 Å². The molecule has 0 fully saturated rings. The van der Waals surface area contributed by atoms with Crippen LogP contribution in [0.4, 0.5) is 17.2 Å². The number of Topliss-reactive ketones (excluding diaryl/α,β-unsaturated/α-hetero) is 1. The lowest BCUT2D eigenvalue weighted by atomic mass is 10.00. The monoisotopic (exact) mass is 429 g/mol. The minimum atomic E-state index is 0.230. The third-order valence-corrected chi connectivity index (χ3v) is 5.70. The Kier molecular flexibility index (Phi) is 6.20. The first kappa shape index (κ1) is 19.9. The maximum atomic E-state index is 12.6. The summed E-state index contributed by atoms with van der Waals surface area (Å²) in [6, 6.07) is 8.37. The van der Waals surface area contributed by atoms with Gasteiger partial charge in [-0.3, -0.25) is 4.79 Å². The fourth-order valence-electron chi connectivity index (χ4n) is 3.67. The highest BCUT2D eigenvalue weighted by Gasteiger charge is 2.29. The van der Waals surface area contributed by atoms with Gasteiger partial charge in [0.2, 0.25) is 0 Å². The Morgan fingerprint density at radius 1 is 1.22 bits per heavy atom. The Labute approximate surface area is 170 Å². The minimum absolute atomic E-state index is 0.230. The van der Waals surface area contributed by atoms with E-state index in [1.807, 2.05) is 6.92 Å². The van der Waals surface area contributed by atoms with E-state index in [-0.39, 0.29) is 5.78 Å². The van der Waals surface area contributed by atoms with E-state index in [2.05, 4.69) is 70.8 Å².